The van der Waals surface area contributed by atoms with Crippen LogP contribution >= 0.6 is 0 Å². The van der Waals surface area contributed by atoms with E-state index in [-0.39, 0.29) is 18.1 Å². The molecule has 0 saturated heterocycles. The zero-order chi connectivity index (χ0) is 16.1. The zero-order valence-electron chi connectivity index (χ0n) is 12.8. The van der Waals surface area contributed by atoms with E-state index >= 15 is 0 Å². The molecule has 22 heavy (non-hydrogen) atoms. The Bertz CT molecular complexity index is 686. The van der Waals surface area contributed by atoms with Crippen molar-refractivity contribution in [3.05, 3.63) is 53.3 Å². The first kappa shape index (κ1) is 15.8. The summed E-state index contributed by atoms with van der Waals surface area (Å²) in [5, 5.41) is 2.67. The smallest absolute Gasteiger partial charge is 0.228 e. The molecule has 1 amide bonds. The van der Waals surface area contributed by atoms with Gasteiger partial charge in [-0.25, -0.2) is 4.39 Å². The number of hydrogen-bond donors (Lipinski definition) is 1. The van der Waals surface area contributed by atoms with E-state index in [0.717, 1.165) is 11.1 Å². The number of amides is 1. The van der Waals surface area contributed by atoms with E-state index in [1.54, 1.807) is 32.4 Å². The van der Waals surface area contributed by atoms with Gasteiger partial charge in [-0.1, -0.05) is 6.07 Å². The van der Waals surface area contributed by atoms with Crippen molar-refractivity contribution < 1.29 is 18.7 Å². The maximum absolute atomic E-state index is 13.1. The first-order chi connectivity index (χ1) is 10.5. The van der Waals surface area contributed by atoms with E-state index in [9.17, 15) is 9.18 Å². The van der Waals surface area contributed by atoms with Crippen LogP contribution in [0.3, 0.4) is 0 Å². The van der Waals surface area contributed by atoms with Gasteiger partial charge in [0.25, 0.3) is 0 Å². The molecule has 2 aromatic rings. The number of carbonyl (C=O) groups is 1. The molecule has 116 valence electrons. The van der Waals surface area contributed by atoms with Gasteiger partial charge in [-0.3, -0.25) is 4.79 Å². The van der Waals surface area contributed by atoms with Crippen molar-refractivity contribution in [2.45, 2.75) is 13.3 Å². The number of halogens is 1. The Labute approximate surface area is 128 Å². The Hall–Kier alpha value is -2.56. The van der Waals surface area contributed by atoms with Crippen molar-refractivity contribution in [1.29, 1.82) is 0 Å². The van der Waals surface area contributed by atoms with Gasteiger partial charge in [0.15, 0.2) is 11.5 Å². The topological polar surface area (TPSA) is 47.6 Å². The Morgan fingerprint density at radius 3 is 2.45 bits per heavy atom. The molecule has 0 heterocycles. The van der Waals surface area contributed by atoms with Crippen molar-refractivity contribution in [1.82, 2.24) is 0 Å². The van der Waals surface area contributed by atoms with Crippen LogP contribution in [-0.2, 0) is 11.2 Å². The van der Waals surface area contributed by atoms with Gasteiger partial charge in [-0.2, -0.15) is 0 Å². The second kappa shape index (κ2) is 6.93. The molecule has 0 spiro atoms. The van der Waals surface area contributed by atoms with Crippen LogP contribution in [0.1, 0.15) is 11.1 Å². The summed E-state index contributed by atoms with van der Waals surface area (Å²) in [4.78, 5) is 12.1. The molecule has 0 aromatic heterocycles. The van der Waals surface area contributed by atoms with Gasteiger partial charge in [0, 0.05) is 5.69 Å². The van der Waals surface area contributed by atoms with E-state index in [4.69, 9.17) is 9.47 Å². The number of hydrogen-bond acceptors (Lipinski definition) is 3. The fraction of sp³-hybridized carbons (Fsp3) is 0.235. The molecule has 0 aliphatic rings. The van der Waals surface area contributed by atoms with Crippen molar-refractivity contribution >= 4 is 11.6 Å². The summed E-state index contributed by atoms with van der Waals surface area (Å²) in [7, 11) is 3.11. The number of aryl methyl sites for hydroxylation is 1. The van der Waals surface area contributed by atoms with Crippen LogP contribution in [0.5, 0.6) is 11.5 Å². The molecular weight excluding hydrogens is 285 g/mol. The number of ether oxygens (including phenoxy) is 2. The average molecular weight is 303 g/mol. The summed E-state index contributed by atoms with van der Waals surface area (Å²) < 4.78 is 23.6. The fourth-order valence-electron chi connectivity index (χ4n) is 2.16. The Balaban J connectivity index is 2.14. The molecule has 0 fully saturated rings. The number of anilines is 1. The normalized spacial score (nSPS) is 10.2. The molecular formula is C17H18FNO3. The molecule has 0 bridgehead atoms. The first-order valence-electron chi connectivity index (χ1n) is 6.80. The van der Waals surface area contributed by atoms with E-state index in [1.165, 1.54) is 12.1 Å². The highest BCUT2D eigenvalue weighted by atomic mass is 19.1. The molecule has 0 atom stereocenters. The van der Waals surface area contributed by atoms with Crippen molar-refractivity contribution in [3.8, 4) is 11.5 Å². The summed E-state index contributed by atoms with van der Waals surface area (Å²) in [5.41, 5.74) is 2.18. The lowest BCUT2D eigenvalue weighted by atomic mass is 10.0. The van der Waals surface area contributed by atoms with E-state index < -0.39 is 0 Å². The highest BCUT2D eigenvalue weighted by Crippen LogP contribution is 2.30. The minimum atomic E-state index is -0.389. The third kappa shape index (κ3) is 3.75. The number of carbonyl (C=O) groups excluding carboxylic acids is 1. The summed E-state index contributed by atoms with van der Waals surface area (Å²) in [6, 6.07) is 9.39. The van der Waals surface area contributed by atoms with Crippen LogP contribution < -0.4 is 14.8 Å². The molecule has 5 heteroatoms. The van der Waals surface area contributed by atoms with Gasteiger partial charge in [0.2, 0.25) is 5.91 Å². The fourth-order valence-corrected chi connectivity index (χ4v) is 2.16. The summed E-state index contributed by atoms with van der Waals surface area (Å²) >= 11 is 0. The van der Waals surface area contributed by atoms with Gasteiger partial charge in [0.05, 0.1) is 20.6 Å². The van der Waals surface area contributed by atoms with Crippen LogP contribution in [0.15, 0.2) is 36.4 Å². The molecule has 4 nitrogen and oxygen atoms in total. The lowest BCUT2D eigenvalue weighted by Gasteiger charge is -2.13. The molecule has 2 rings (SSSR count). The maximum atomic E-state index is 13.1. The molecule has 0 aliphatic carbocycles. The molecule has 0 saturated carbocycles. The Kier molecular flexibility index (Phi) is 4.99. The second-order valence-electron chi connectivity index (χ2n) is 4.87. The van der Waals surface area contributed by atoms with Crippen LogP contribution in [-0.4, -0.2) is 20.1 Å². The third-order valence-electron chi connectivity index (χ3n) is 3.30. The van der Waals surface area contributed by atoms with Crippen molar-refractivity contribution in [2.75, 3.05) is 19.5 Å². The molecule has 0 unspecified atom stereocenters. The van der Waals surface area contributed by atoms with E-state index in [0.29, 0.717) is 17.2 Å². The minimum Gasteiger partial charge on any atom is -0.493 e. The zero-order valence-corrected chi connectivity index (χ0v) is 12.8. The van der Waals surface area contributed by atoms with Gasteiger partial charge in [-0.05, 0) is 48.4 Å². The highest BCUT2D eigenvalue weighted by Gasteiger charge is 2.12. The molecule has 0 radical (unpaired) electrons. The molecule has 1 N–H and O–H groups in total. The predicted molar refractivity (Wildman–Crippen MR) is 83.0 cm³/mol. The lowest BCUT2D eigenvalue weighted by molar-refractivity contribution is -0.115. The summed E-state index contributed by atoms with van der Waals surface area (Å²) in [5.74, 6) is 0.581. The summed E-state index contributed by atoms with van der Waals surface area (Å²) in [6.45, 7) is 1.90. The van der Waals surface area contributed by atoms with Crippen molar-refractivity contribution in [3.63, 3.8) is 0 Å². The van der Waals surface area contributed by atoms with Gasteiger partial charge in [0.1, 0.15) is 5.82 Å². The Morgan fingerprint density at radius 1 is 1.14 bits per heavy atom. The van der Waals surface area contributed by atoms with E-state index in [1.807, 2.05) is 13.0 Å². The summed E-state index contributed by atoms with van der Waals surface area (Å²) in [6.07, 6.45) is 0.169. The second-order valence-corrected chi connectivity index (χ2v) is 4.87. The molecule has 0 aliphatic heterocycles. The highest BCUT2D eigenvalue weighted by molar-refractivity contribution is 5.92. The van der Waals surface area contributed by atoms with Gasteiger partial charge < -0.3 is 14.8 Å². The maximum Gasteiger partial charge on any atom is 0.228 e. The number of nitrogens with one attached hydrogen (secondary N) is 1. The minimum absolute atomic E-state index is 0.169. The van der Waals surface area contributed by atoms with Crippen molar-refractivity contribution in [2.24, 2.45) is 0 Å². The number of methoxy groups -OCH3 is 2. The average Bonchev–Trinajstić information content (AvgIpc) is 2.48. The molecule has 2 aromatic carbocycles. The van der Waals surface area contributed by atoms with E-state index in [2.05, 4.69) is 5.32 Å². The van der Waals surface area contributed by atoms with Gasteiger partial charge in [-0.15, -0.1) is 0 Å². The third-order valence-corrected chi connectivity index (χ3v) is 3.30. The van der Waals surface area contributed by atoms with Crippen LogP contribution in [0.25, 0.3) is 0 Å². The van der Waals surface area contributed by atoms with Crippen LogP contribution in [0.4, 0.5) is 10.1 Å². The van der Waals surface area contributed by atoms with Crippen LogP contribution in [0, 0.1) is 12.7 Å². The van der Waals surface area contributed by atoms with Gasteiger partial charge >= 0.3 is 0 Å². The quantitative estimate of drug-likeness (QED) is 0.921. The lowest BCUT2D eigenvalue weighted by Crippen LogP contribution is -2.15. The monoisotopic (exact) mass is 303 g/mol. The predicted octanol–water partition coefficient (Wildman–Crippen LogP) is 3.33. The number of benzene rings is 2. The van der Waals surface area contributed by atoms with Crippen LogP contribution in [0.2, 0.25) is 0 Å². The SMILES string of the molecule is COc1cc(C)c(CC(=O)Nc2cccc(F)c2)cc1OC. The standard InChI is InChI=1S/C17H18FNO3/c1-11-7-15(21-2)16(22-3)8-12(11)9-17(20)19-14-6-4-5-13(18)10-14/h4-8,10H,9H2,1-3H3,(H,19,20). The number of rotatable bonds is 5. The largest absolute Gasteiger partial charge is 0.493 e. The first-order valence-corrected chi connectivity index (χ1v) is 6.80. The Morgan fingerprint density at radius 2 is 1.82 bits per heavy atom.